The fourth-order valence-electron chi connectivity index (χ4n) is 4.29. The second kappa shape index (κ2) is 8.06. The van der Waals surface area contributed by atoms with Gasteiger partial charge in [-0.3, -0.25) is 4.98 Å². The summed E-state index contributed by atoms with van der Waals surface area (Å²) in [4.78, 5) is 21.1. The predicted molar refractivity (Wildman–Crippen MR) is 119 cm³/mol. The van der Waals surface area contributed by atoms with Crippen LogP contribution < -0.4 is 10.1 Å². The smallest absolute Gasteiger partial charge is 0.408 e. The number of carbonyl (C=O) groups is 1. The van der Waals surface area contributed by atoms with E-state index in [-0.39, 0.29) is 0 Å². The first kappa shape index (κ1) is 22.0. The number of fused-ring (bicyclic) bond motifs is 4. The van der Waals surface area contributed by atoms with Gasteiger partial charge in [0, 0.05) is 17.8 Å². The summed E-state index contributed by atoms with van der Waals surface area (Å²) in [6, 6.07) is 5.77. The molecule has 8 nitrogen and oxygen atoms in total. The van der Waals surface area contributed by atoms with Gasteiger partial charge in [-0.25, -0.2) is 9.78 Å². The highest BCUT2D eigenvalue weighted by molar-refractivity contribution is 5.87. The van der Waals surface area contributed by atoms with Crippen molar-refractivity contribution in [1.29, 1.82) is 5.26 Å². The van der Waals surface area contributed by atoms with E-state index in [9.17, 15) is 10.1 Å². The molecule has 2 bridgehead atoms. The van der Waals surface area contributed by atoms with Crippen LogP contribution in [0.4, 0.5) is 4.79 Å². The first-order valence-electron chi connectivity index (χ1n) is 10.7. The summed E-state index contributed by atoms with van der Waals surface area (Å²) in [5.41, 5.74) is 1.08. The second-order valence-electron chi connectivity index (χ2n) is 9.51. The predicted octanol–water partition coefficient (Wildman–Crippen LogP) is 4.13. The molecule has 1 N–H and O–H groups in total. The van der Waals surface area contributed by atoms with Crippen LogP contribution in [0.2, 0.25) is 0 Å². The Kier molecular flexibility index (Phi) is 5.55. The third kappa shape index (κ3) is 4.39. The van der Waals surface area contributed by atoms with Gasteiger partial charge in [0.2, 0.25) is 5.88 Å². The number of carbonyl (C=O) groups excluding carboxylic acids is 1. The molecule has 0 aromatic carbocycles. The molecule has 0 spiro atoms. The zero-order valence-electron chi connectivity index (χ0n) is 18.9. The molecule has 4 heterocycles. The van der Waals surface area contributed by atoms with Gasteiger partial charge in [-0.2, -0.15) is 5.26 Å². The van der Waals surface area contributed by atoms with Gasteiger partial charge in [0.15, 0.2) is 0 Å². The number of rotatable bonds is 4. The third-order valence-corrected chi connectivity index (χ3v) is 6.07. The largest absolute Gasteiger partial charge is 0.481 e. The number of pyridine rings is 2. The van der Waals surface area contributed by atoms with Crippen LogP contribution in [0.15, 0.2) is 24.4 Å². The lowest BCUT2D eigenvalue weighted by atomic mass is 9.71. The number of alkyl carbamates (subject to hydrolysis) is 1. The molecule has 0 atom stereocenters. The van der Waals surface area contributed by atoms with Crippen molar-refractivity contribution in [3.8, 4) is 11.9 Å². The topological polar surface area (TPSA) is 106 Å². The van der Waals surface area contributed by atoms with E-state index in [0.29, 0.717) is 34.6 Å². The zero-order chi connectivity index (χ0) is 23.0. The molecule has 0 radical (unpaired) electrons. The first-order chi connectivity index (χ1) is 15.2. The van der Waals surface area contributed by atoms with E-state index in [4.69, 9.17) is 14.2 Å². The Morgan fingerprint density at radius 1 is 1.28 bits per heavy atom. The standard InChI is InChI=1S/C24H28N4O4/c1-22(2,3)32-21(29)28-23-9-11-24(12-10-23,31-15-23)8-7-17-16(13-25)14-26-18-5-6-19(30-4)27-20(17)18/h5-8,14H,9-12,15H2,1-4H3,(H,28,29)/b8-7+. The Hall–Kier alpha value is -3.18. The van der Waals surface area contributed by atoms with Gasteiger partial charge >= 0.3 is 6.09 Å². The fourth-order valence-corrected chi connectivity index (χ4v) is 4.29. The molecular formula is C24H28N4O4. The van der Waals surface area contributed by atoms with Crippen LogP contribution in [0.5, 0.6) is 5.88 Å². The minimum atomic E-state index is -0.542. The van der Waals surface area contributed by atoms with Crippen LogP contribution in [0.1, 0.15) is 57.6 Å². The van der Waals surface area contributed by atoms with Crippen LogP contribution in [0.25, 0.3) is 17.1 Å². The monoisotopic (exact) mass is 436 g/mol. The highest BCUT2D eigenvalue weighted by atomic mass is 16.6. The summed E-state index contributed by atoms with van der Waals surface area (Å²) in [7, 11) is 1.56. The Morgan fingerprint density at radius 3 is 2.62 bits per heavy atom. The van der Waals surface area contributed by atoms with E-state index in [0.717, 1.165) is 25.7 Å². The highest BCUT2D eigenvalue weighted by Crippen LogP contribution is 2.45. The van der Waals surface area contributed by atoms with Crippen molar-refractivity contribution in [1.82, 2.24) is 15.3 Å². The molecule has 8 heteroatoms. The van der Waals surface area contributed by atoms with E-state index in [1.165, 1.54) is 0 Å². The number of hydrogen-bond donors (Lipinski definition) is 1. The first-order valence-corrected chi connectivity index (χ1v) is 10.7. The second-order valence-corrected chi connectivity index (χ2v) is 9.51. The van der Waals surface area contributed by atoms with Crippen molar-refractivity contribution in [2.24, 2.45) is 0 Å². The molecule has 1 amide bonds. The van der Waals surface area contributed by atoms with E-state index in [1.54, 1.807) is 19.4 Å². The SMILES string of the molecule is COc1ccc2ncc(C#N)c(/C=C/C34CCC(NC(=O)OC(C)(C)C)(CC3)CO4)c2n1. The van der Waals surface area contributed by atoms with Crippen LogP contribution in [0, 0.1) is 11.3 Å². The number of hydrogen-bond acceptors (Lipinski definition) is 7. The summed E-state index contributed by atoms with van der Waals surface area (Å²) in [5.74, 6) is 0.465. The Balaban J connectivity index is 1.55. The lowest BCUT2D eigenvalue weighted by Gasteiger charge is -2.52. The Bertz CT molecular complexity index is 1090. The van der Waals surface area contributed by atoms with Gasteiger partial charge in [0.1, 0.15) is 17.2 Å². The van der Waals surface area contributed by atoms with Gasteiger partial charge < -0.3 is 19.5 Å². The molecule has 3 fully saturated rings. The minimum absolute atomic E-state index is 0.395. The van der Waals surface area contributed by atoms with Crippen LogP contribution in [-0.2, 0) is 9.47 Å². The van der Waals surface area contributed by atoms with E-state index < -0.39 is 22.8 Å². The summed E-state index contributed by atoms with van der Waals surface area (Å²) >= 11 is 0. The van der Waals surface area contributed by atoms with Crippen LogP contribution in [0.3, 0.4) is 0 Å². The maximum atomic E-state index is 12.3. The molecule has 1 aliphatic carbocycles. The molecule has 2 aromatic rings. The molecular weight excluding hydrogens is 408 g/mol. The molecule has 32 heavy (non-hydrogen) atoms. The zero-order valence-corrected chi connectivity index (χ0v) is 18.9. The average molecular weight is 437 g/mol. The summed E-state index contributed by atoms with van der Waals surface area (Å²) < 4.78 is 16.9. The highest BCUT2D eigenvalue weighted by Gasteiger charge is 2.49. The normalized spacial score (nSPS) is 25.0. The molecule has 1 saturated carbocycles. The number of methoxy groups -OCH3 is 1. The average Bonchev–Trinajstić information content (AvgIpc) is 2.76. The summed E-state index contributed by atoms with van der Waals surface area (Å²) in [6.07, 6.45) is 8.21. The van der Waals surface area contributed by atoms with Crippen molar-refractivity contribution >= 4 is 23.2 Å². The maximum absolute atomic E-state index is 12.3. The lowest BCUT2D eigenvalue weighted by Crippen LogP contribution is -2.62. The van der Waals surface area contributed by atoms with Crippen LogP contribution >= 0.6 is 0 Å². The summed E-state index contributed by atoms with van der Waals surface area (Å²) in [5, 5.41) is 12.6. The molecule has 2 aliphatic heterocycles. The van der Waals surface area contributed by atoms with Gasteiger partial charge in [0.05, 0.1) is 35.9 Å². The third-order valence-electron chi connectivity index (χ3n) is 6.07. The molecule has 5 rings (SSSR count). The number of nitrogens with one attached hydrogen (secondary N) is 1. The summed E-state index contributed by atoms with van der Waals surface area (Å²) in [6.45, 7) is 5.97. The number of ether oxygens (including phenoxy) is 3. The maximum Gasteiger partial charge on any atom is 0.408 e. The Morgan fingerprint density at radius 2 is 2.03 bits per heavy atom. The van der Waals surface area contributed by atoms with E-state index in [1.807, 2.05) is 39.0 Å². The van der Waals surface area contributed by atoms with Crippen molar-refractivity contribution < 1.29 is 19.0 Å². The Labute approximate surface area is 187 Å². The van der Waals surface area contributed by atoms with E-state index in [2.05, 4.69) is 21.4 Å². The quantitative estimate of drug-likeness (QED) is 0.768. The van der Waals surface area contributed by atoms with Crippen LogP contribution in [-0.4, -0.2) is 46.5 Å². The number of aromatic nitrogens is 2. The van der Waals surface area contributed by atoms with Crippen molar-refractivity contribution in [2.75, 3.05) is 13.7 Å². The lowest BCUT2D eigenvalue weighted by molar-refractivity contribution is -0.133. The number of amides is 1. The molecule has 168 valence electrons. The molecule has 0 unspecified atom stereocenters. The van der Waals surface area contributed by atoms with Crippen molar-refractivity contribution in [3.05, 3.63) is 35.5 Å². The van der Waals surface area contributed by atoms with Crippen molar-refractivity contribution in [3.63, 3.8) is 0 Å². The molecule has 2 saturated heterocycles. The number of nitrogens with zero attached hydrogens (tertiary/aromatic N) is 3. The van der Waals surface area contributed by atoms with Gasteiger partial charge in [-0.15, -0.1) is 0 Å². The van der Waals surface area contributed by atoms with Crippen molar-refractivity contribution in [2.45, 2.75) is 63.2 Å². The fraction of sp³-hybridized carbons (Fsp3) is 0.500. The van der Waals surface area contributed by atoms with Gasteiger partial charge in [-0.05, 0) is 52.5 Å². The minimum Gasteiger partial charge on any atom is -0.481 e. The molecule has 2 aromatic heterocycles. The van der Waals surface area contributed by atoms with E-state index >= 15 is 0 Å². The van der Waals surface area contributed by atoms with Gasteiger partial charge in [0.25, 0.3) is 0 Å². The van der Waals surface area contributed by atoms with Gasteiger partial charge in [-0.1, -0.05) is 12.2 Å². The number of nitriles is 1. The molecule has 3 aliphatic rings.